The smallest absolute Gasteiger partial charge is 0.404 e. The number of phenolic OH excluding ortho intramolecular Hbond substituents is 1. The molecule has 4 aromatic rings. The topological polar surface area (TPSA) is 130 Å². The number of aromatic nitrogens is 3. The van der Waals surface area contributed by atoms with E-state index in [0.29, 0.717) is 37.9 Å². The maximum atomic E-state index is 14.3. The first kappa shape index (κ1) is 27.1. The van der Waals surface area contributed by atoms with Crippen LogP contribution in [0.25, 0.3) is 27.8 Å². The van der Waals surface area contributed by atoms with Crippen LogP contribution >= 0.6 is 0 Å². The van der Waals surface area contributed by atoms with E-state index >= 15 is 0 Å². The van der Waals surface area contributed by atoms with Gasteiger partial charge in [-0.05, 0) is 86.8 Å². The van der Waals surface area contributed by atoms with E-state index < -0.39 is 29.2 Å². The number of fused-ring (bicyclic) bond motifs is 1. The summed E-state index contributed by atoms with van der Waals surface area (Å²) in [5, 5.41) is 21.6. The van der Waals surface area contributed by atoms with Crippen LogP contribution in [0.2, 0.25) is 0 Å². The van der Waals surface area contributed by atoms with Crippen LogP contribution in [0.3, 0.4) is 0 Å². The van der Waals surface area contributed by atoms with Crippen molar-refractivity contribution in [2.75, 3.05) is 14.1 Å². The highest BCUT2D eigenvalue weighted by Gasteiger charge is 2.28. The van der Waals surface area contributed by atoms with E-state index in [0.717, 1.165) is 33.5 Å². The van der Waals surface area contributed by atoms with Crippen LogP contribution < -0.4 is 16.6 Å². The molecule has 0 spiro atoms. The second-order valence-electron chi connectivity index (χ2n) is 10.4. The molecule has 5 rings (SSSR count). The maximum Gasteiger partial charge on any atom is 0.404 e. The first-order chi connectivity index (χ1) is 19.1. The number of nitrogens with zero attached hydrogens (tertiary/aromatic N) is 4. The molecule has 0 bridgehead atoms. The Hall–Kier alpha value is -4.51. The van der Waals surface area contributed by atoms with Crippen LogP contribution in [-0.4, -0.2) is 55.5 Å². The number of nitrogens with one attached hydrogen (secondary N) is 1. The van der Waals surface area contributed by atoms with Gasteiger partial charge in [0.15, 0.2) is 5.65 Å². The van der Waals surface area contributed by atoms with Gasteiger partial charge in [-0.3, -0.25) is 9.36 Å². The number of rotatable bonds is 6. The lowest BCUT2D eigenvalue weighted by Gasteiger charge is -2.29. The van der Waals surface area contributed by atoms with E-state index in [2.05, 4.69) is 10.3 Å². The number of carboxylic acid groups (broad SMARTS) is 1. The highest BCUT2D eigenvalue weighted by molar-refractivity contribution is 5.77. The van der Waals surface area contributed by atoms with Crippen molar-refractivity contribution in [3.8, 4) is 22.6 Å². The molecule has 0 aliphatic heterocycles. The number of hydrogen-bond donors (Lipinski definition) is 3. The lowest BCUT2D eigenvalue weighted by molar-refractivity contribution is 0.182. The zero-order valence-electron chi connectivity index (χ0n) is 22.2. The van der Waals surface area contributed by atoms with Crippen LogP contribution in [-0.2, 0) is 6.54 Å². The van der Waals surface area contributed by atoms with Crippen LogP contribution in [0, 0.1) is 5.82 Å². The third-order valence-electron chi connectivity index (χ3n) is 7.27. The Balaban J connectivity index is 1.66. The van der Waals surface area contributed by atoms with Crippen molar-refractivity contribution in [1.82, 2.24) is 24.3 Å². The predicted molar refractivity (Wildman–Crippen MR) is 149 cm³/mol. The van der Waals surface area contributed by atoms with Gasteiger partial charge >= 0.3 is 11.8 Å². The molecule has 0 unspecified atom stereocenters. The van der Waals surface area contributed by atoms with Crippen molar-refractivity contribution >= 4 is 17.1 Å². The lowest BCUT2D eigenvalue weighted by Crippen LogP contribution is -2.45. The fraction of sp³-hybridized carbons (Fsp3) is 0.310. The van der Waals surface area contributed by atoms with Crippen molar-refractivity contribution in [3.63, 3.8) is 0 Å². The number of halogens is 1. The number of hydrogen-bond acceptors (Lipinski definition) is 6. The molecule has 3 N–H and O–H groups in total. The molecule has 1 aliphatic rings. The van der Waals surface area contributed by atoms with Crippen molar-refractivity contribution in [2.45, 2.75) is 44.3 Å². The Kier molecular flexibility index (Phi) is 7.40. The van der Waals surface area contributed by atoms with Crippen molar-refractivity contribution < 1.29 is 19.4 Å². The number of carbonyl (C=O) groups is 1. The minimum absolute atomic E-state index is 0.0197. The highest BCUT2D eigenvalue weighted by Crippen LogP contribution is 2.30. The zero-order valence-corrected chi connectivity index (χ0v) is 22.2. The zero-order chi connectivity index (χ0) is 28.6. The number of phenols is 1. The Morgan fingerprint density at radius 2 is 1.85 bits per heavy atom. The Bertz CT molecular complexity index is 1710. The molecule has 11 heteroatoms. The number of aromatic hydroxyl groups is 1. The summed E-state index contributed by atoms with van der Waals surface area (Å²) in [5.74, 6) is -0.549. The summed E-state index contributed by atoms with van der Waals surface area (Å²) in [6.45, 7) is 0.571. The predicted octanol–water partition coefficient (Wildman–Crippen LogP) is 3.87. The molecule has 1 fully saturated rings. The van der Waals surface area contributed by atoms with E-state index in [1.165, 1.54) is 4.57 Å². The molecule has 1 amide bonds. The van der Waals surface area contributed by atoms with E-state index in [9.17, 15) is 23.9 Å². The molecule has 0 radical (unpaired) electrons. The monoisotopic (exact) mass is 547 g/mol. The first-order valence-corrected chi connectivity index (χ1v) is 13.0. The Morgan fingerprint density at radius 1 is 1.10 bits per heavy atom. The van der Waals surface area contributed by atoms with E-state index in [1.54, 1.807) is 30.3 Å². The maximum absolute atomic E-state index is 14.3. The normalized spacial score (nSPS) is 17.3. The average Bonchev–Trinajstić information content (AvgIpc) is 2.90. The third kappa shape index (κ3) is 5.32. The van der Waals surface area contributed by atoms with Gasteiger partial charge in [-0.25, -0.2) is 23.5 Å². The standard InChI is InChI=1S/C29H30FN5O5/c1-33(2)16-18-13-23(36)10-11-24(18)17-4-3-5-22(12-17)34-26-25(14-19(30)15-31-26)27(37)35(29(34)40)21-8-6-20(7-9-21)32-28(38)39/h3-5,10-15,20-21,32,36H,6-9,16H2,1-2H3,(H,38,39). The summed E-state index contributed by atoms with van der Waals surface area (Å²) in [6, 6.07) is 12.7. The van der Waals surface area contributed by atoms with Gasteiger partial charge in [-0.1, -0.05) is 18.2 Å². The molecule has 0 atom stereocenters. The lowest BCUT2D eigenvalue weighted by atomic mass is 9.91. The van der Waals surface area contributed by atoms with Crippen LogP contribution in [0.1, 0.15) is 37.3 Å². The second-order valence-corrected chi connectivity index (χ2v) is 10.4. The van der Waals surface area contributed by atoms with Crippen LogP contribution in [0.15, 0.2) is 64.3 Å². The van der Waals surface area contributed by atoms with Gasteiger partial charge in [0.2, 0.25) is 0 Å². The summed E-state index contributed by atoms with van der Waals surface area (Å²) in [7, 11) is 3.85. The summed E-state index contributed by atoms with van der Waals surface area (Å²) < 4.78 is 16.8. The summed E-state index contributed by atoms with van der Waals surface area (Å²) in [4.78, 5) is 44.7. The molecule has 1 aliphatic carbocycles. The second kappa shape index (κ2) is 10.9. The highest BCUT2D eigenvalue weighted by atomic mass is 19.1. The van der Waals surface area contributed by atoms with Crippen molar-refractivity contribution in [2.24, 2.45) is 0 Å². The number of pyridine rings is 1. The molecule has 10 nitrogen and oxygen atoms in total. The van der Waals surface area contributed by atoms with Crippen molar-refractivity contribution in [3.05, 3.63) is 86.9 Å². The van der Waals surface area contributed by atoms with Gasteiger partial charge in [0, 0.05) is 18.6 Å². The van der Waals surface area contributed by atoms with E-state index in [1.807, 2.05) is 31.1 Å². The van der Waals surface area contributed by atoms with Gasteiger partial charge in [0.25, 0.3) is 5.56 Å². The SMILES string of the molecule is CN(C)Cc1cc(O)ccc1-c1cccc(-n2c(=O)n(C3CCC(NC(=O)O)CC3)c(=O)c3cc(F)cnc32)c1. The summed E-state index contributed by atoms with van der Waals surface area (Å²) in [6.07, 6.45) is 1.62. The van der Waals surface area contributed by atoms with E-state index in [4.69, 9.17) is 5.11 Å². The molecule has 1 saturated carbocycles. The Labute approximate surface area is 228 Å². The van der Waals surface area contributed by atoms with Gasteiger partial charge in [-0.15, -0.1) is 0 Å². The van der Waals surface area contributed by atoms with E-state index in [-0.39, 0.29) is 22.8 Å². The van der Waals surface area contributed by atoms with Crippen molar-refractivity contribution in [1.29, 1.82) is 0 Å². The minimum Gasteiger partial charge on any atom is -0.508 e. The van der Waals surface area contributed by atoms with Crippen LogP contribution in [0.5, 0.6) is 5.75 Å². The van der Waals surface area contributed by atoms with Gasteiger partial charge in [0.1, 0.15) is 11.6 Å². The van der Waals surface area contributed by atoms with Crippen LogP contribution in [0.4, 0.5) is 9.18 Å². The largest absolute Gasteiger partial charge is 0.508 e. The minimum atomic E-state index is -1.11. The fourth-order valence-corrected chi connectivity index (χ4v) is 5.54. The Morgan fingerprint density at radius 3 is 2.55 bits per heavy atom. The molecular formula is C29H30FN5O5. The molecule has 2 aromatic carbocycles. The summed E-state index contributed by atoms with van der Waals surface area (Å²) in [5.41, 5.74) is 1.81. The molecule has 0 saturated heterocycles. The average molecular weight is 548 g/mol. The number of amides is 1. The number of benzene rings is 2. The van der Waals surface area contributed by atoms with Gasteiger partial charge < -0.3 is 20.4 Å². The van der Waals surface area contributed by atoms with Gasteiger partial charge in [0.05, 0.1) is 17.3 Å². The molecular weight excluding hydrogens is 517 g/mol. The first-order valence-electron chi connectivity index (χ1n) is 13.0. The molecule has 40 heavy (non-hydrogen) atoms. The molecule has 2 heterocycles. The molecule has 208 valence electrons. The third-order valence-corrected chi connectivity index (χ3v) is 7.27. The molecule has 2 aromatic heterocycles. The summed E-state index contributed by atoms with van der Waals surface area (Å²) >= 11 is 0. The van der Waals surface area contributed by atoms with Gasteiger partial charge in [-0.2, -0.15) is 0 Å². The quantitative estimate of drug-likeness (QED) is 0.334. The fourth-order valence-electron chi connectivity index (χ4n) is 5.54.